The predicted octanol–water partition coefficient (Wildman–Crippen LogP) is 4.31. The van der Waals surface area contributed by atoms with Gasteiger partial charge in [0.05, 0.1) is 5.69 Å². The van der Waals surface area contributed by atoms with Crippen molar-refractivity contribution in [2.45, 2.75) is 56.9 Å². The molecule has 29 heavy (non-hydrogen) atoms. The van der Waals surface area contributed by atoms with E-state index in [0.29, 0.717) is 12.3 Å². The third-order valence-electron chi connectivity index (χ3n) is 6.86. The Morgan fingerprint density at radius 3 is 2.45 bits per heavy atom. The van der Waals surface area contributed by atoms with E-state index in [0.717, 1.165) is 44.7 Å². The van der Waals surface area contributed by atoms with Gasteiger partial charge in [0.1, 0.15) is 0 Å². The van der Waals surface area contributed by atoms with Gasteiger partial charge in [-0.2, -0.15) is 0 Å². The Bertz CT molecular complexity index is 763. The number of piperidine rings is 1. The maximum atomic E-state index is 12.7. The van der Waals surface area contributed by atoms with E-state index < -0.39 is 0 Å². The van der Waals surface area contributed by atoms with Gasteiger partial charge in [0, 0.05) is 31.1 Å². The van der Waals surface area contributed by atoms with Gasteiger partial charge in [-0.3, -0.25) is 14.7 Å². The SMILES string of the molecule is O=C(CC1CCN(Cc2ccccn2)CC1)NCC1(c2ccccc2)CCCC1. The number of hydrogen-bond acceptors (Lipinski definition) is 3. The van der Waals surface area contributed by atoms with Crippen molar-refractivity contribution >= 4 is 5.91 Å². The molecule has 4 nitrogen and oxygen atoms in total. The molecule has 154 valence electrons. The van der Waals surface area contributed by atoms with Crippen LogP contribution in [0.25, 0.3) is 0 Å². The lowest BCUT2D eigenvalue weighted by Crippen LogP contribution is -2.40. The minimum atomic E-state index is 0.142. The number of amides is 1. The van der Waals surface area contributed by atoms with Crippen molar-refractivity contribution in [1.82, 2.24) is 15.2 Å². The molecule has 1 saturated heterocycles. The summed E-state index contributed by atoms with van der Waals surface area (Å²) in [6, 6.07) is 16.9. The second-order valence-corrected chi connectivity index (χ2v) is 8.87. The van der Waals surface area contributed by atoms with Crippen LogP contribution in [0.15, 0.2) is 54.7 Å². The summed E-state index contributed by atoms with van der Waals surface area (Å²) in [5.74, 6) is 0.738. The topological polar surface area (TPSA) is 45.2 Å². The maximum absolute atomic E-state index is 12.7. The molecule has 1 saturated carbocycles. The predicted molar refractivity (Wildman–Crippen MR) is 116 cm³/mol. The molecule has 1 N–H and O–H groups in total. The molecule has 4 rings (SSSR count). The smallest absolute Gasteiger partial charge is 0.220 e. The molecule has 1 aromatic carbocycles. The fourth-order valence-electron chi connectivity index (χ4n) is 5.08. The molecule has 1 amide bonds. The monoisotopic (exact) mass is 391 g/mol. The summed E-state index contributed by atoms with van der Waals surface area (Å²) in [6.07, 6.45) is 9.63. The number of likely N-dealkylation sites (tertiary alicyclic amines) is 1. The van der Waals surface area contributed by atoms with E-state index in [2.05, 4.69) is 51.6 Å². The number of carbonyl (C=O) groups excluding carboxylic acids is 1. The molecule has 1 aromatic heterocycles. The van der Waals surface area contributed by atoms with Gasteiger partial charge in [-0.15, -0.1) is 0 Å². The van der Waals surface area contributed by atoms with Gasteiger partial charge in [-0.05, 0) is 62.4 Å². The van der Waals surface area contributed by atoms with E-state index in [1.807, 2.05) is 18.3 Å². The summed E-state index contributed by atoms with van der Waals surface area (Å²) < 4.78 is 0. The highest BCUT2D eigenvalue weighted by Gasteiger charge is 2.35. The van der Waals surface area contributed by atoms with E-state index in [1.165, 1.54) is 31.2 Å². The molecular formula is C25H33N3O. The van der Waals surface area contributed by atoms with E-state index in [9.17, 15) is 4.79 Å². The van der Waals surface area contributed by atoms with Crippen LogP contribution < -0.4 is 5.32 Å². The number of nitrogens with one attached hydrogen (secondary N) is 1. The van der Waals surface area contributed by atoms with Gasteiger partial charge >= 0.3 is 0 Å². The molecule has 4 heteroatoms. The molecule has 2 aliphatic rings. The Hall–Kier alpha value is -2.20. The van der Waals surface area contributed by atoms with Crippen molar-refractivity contribution in [2.24, 2.45) is 5.92 Å². The molecule has 0 bridgehead atoms. The number of carbonyl (C=O) groups is 1. The van der Waals surface area contributed by atoms with Crippen LogP contribution in [0.1, 0.15) is 56.2 Å². The summed E-state index contributed by atoms with van der Waals surface area (Å²) in [6.45, 7) is 3.82. The minimum Gasteiger partial charge on any atom is -0.355 e. The first-order valence-electron chi connectivity index (χ1n) is 11.2. The quantitative estimate of drug-likeness (QED) is 0.765. The van der Waals surface area contributed by atoms with Crippen molar-refractivity contribution in [3.8, 4) is 0 Å². The number of nitrogens with zero attached hydrogens (tertiary/aromatic N) is 2. The van der Waals surface area contributed by atoms with E-state index >= 15 is 0 Å². The van der Waals surface area contributed by atoms with Gasteiger partial charge in [-0.1, -0.05) is 49.2 Å². The molecule has 0 unspecified atom stereocenters. The van der Waals surface area contributed by atoms with Crippen LogP contribution in [0.3, 0.4) is 0 Å². The Morgan fingerprint density at radius 2 is 1.76 bits per heavy atom. The average molecular weight is 392 g/mol. The second kappa shape index (κ2) is 9.53. The zero-order valence-corrected chi connectivity index (χ0v) is 17.4. The van der Waals surface area contributed by atoms with Gasteiger partial charge in [0.2, 0.25) is 5.91 Å². The van der Waals surface area contributed by atoms with Crippen LogP contribution in [-0.4, -0.2) is 35.4 Å². The fraction of sp³-hybridized carbons (Fsp3) is 0.520. The third-order valence-corrected chi connectivity index (χ3v) is 6.86. The van der Waals surface area contributed by atoms with Crippen LogP contribution in [-0.2, 0) is 16.8 Å². The molecule has 0 atom stereocenters. The molecule has 2 heterocycles. The summed E-state index contributed by atoms with van der Waals surface area (Å²) >= 11 is 0. The van der Waals surface area contributed by atoms with Crippen molar-refractivity contribution < 1.29 is 4.79 Å². The zero-order valence-electron chi connectivity index (χ0n) is 17.4. The van der Waals surface area contributed by atoms with Gasteiger partial charge in [-0.25, -0.2) is 0 Å². The summed E-state index contributed by atoms with van der Waals surface area (Å²) in [5.41, 5.74) is 2.66. The highest BCUT2D eigenvalue weighted by atomic mass is 16.1. The first-order chi connectivity index (χ1) is 14.2. The van der Waals surface area contributed by atoms with Crippen LogP contribution in [0.4, 0.5) is 0 Å². The molecule has 0 radical (unpaired) electrons. The standard InChI is InChI=1S/C25H33N3O/c29-24(27-20-25(13-5-6-14-25)22-8-2-1-3-9-22)18-21-11-16-28(17-12-21)19-23-10-4-7-15-26-23/h1-4,7-10,15,21H,5-6,11-14,16-20H2,(H,27,29). The van der Waals surface area contributed by atoms with Crippen LogP contribution in [0, 0.1) is 5.92 Å². The lowest BCUT2D eigenvalue weighted by molar-refractivity contribution is -0.122. The fourth-order valence-corrected chi connectivity index (χ4v) is 5.08. The van der Waals surface area contributed by atoms with Crippen LogP contribution >= 0.6 is 0 Å². The van der Waals surface area contributed by atoms with Crippen molar-refractivity contribution in [1.29, 1.82) is 0 Å². The molecule has 1 aliphatic heterocycles. The number of aromatic nitrogens is 1. The van der Waals surface area contributed by atoms with Crippen molar-refractivity contribution in [2.75, 3.05) is 19.6 Å². The lowest BCUT2D eigenvalue weighted by atomic mass is 9.78. The summed E-state index contributed by atoms with van der Waals surface area (Å²) in [5, 5.41) is 3.30. The molecular weight excluding hydrogens is 358 g/mol. The van der Waals surface area contributed by atoms with E-state index in [-0.39, 0.29) is 11.3 Å². The molecule has 1 aliphatic carbocycles. The van der Waals surface area contributed by atoms with Crippen molar-refractivity contribution in [3.05, 3.63) is 66.0 Å². The van der Waals surface area contributed by atoms with Gasteiger partial charge in [0.15, 0.2) is 0 Å². The first-order valence-corrected chi connectivity index (χ1v) is 11.2. The average Bonchev–Trinajstić information content (AvgIpc) is 3.25. The number of rotatable bonds is 7. The minimum absolute atomic E-state index is 0.142. The van der Waals surface area contributed by atoms with E-state index in [1.54, 1.807) is 0 Å². The Morgan fingerprint density at radius 1 is 1.03 bits per heavy atom. The third kappa shape index (κ3) is 5.24. The molecule has 2 aromatic rings. The van der Waals surface area contributed by atoms with Crippen molar-refractivity contribution in [3.63, 3.8) is 0 Å². The number of benzene rings is 1. The Labute approximate surface area is 174 Å². The normalized spacial score (nSPS) is 19.9. The number of pyridine rings is 1. The van der Waals surface area contributed by atoms with Crippen LogP contribution in [0.2, 0.25) is 0 Å². The second-order valence-electron chi connectivity index (χ2n) is 8.87. The number of hydrogen-bond donors (Lipinski definition) is 1. The Kier molecular flexibility index (Phi) is 6.60. The maximum Gasteiger partial charge on any atom is 0.220 e. The first kappa shape index (κ1) is 20.1. The highest BCUT2D eigenvalue weighted by Crippen LogP contribution is 2.40. The largest absolute Gasteiger partial charge is 0.355 e. The highest BCUT2D eigenvalue weighted by molar-refractivity contribution is 5.76. The van der Waals surface area contributed by atoms with E-state index in [4.69, 9.17) is 0 Å². The molecule has 2 fully saturated rings. The van der Waals surface area contributed by atoms with Gasteiger partial charge < -0.3 is 5.32 Å². The van der Waals surface area contributed by atoms with Gasteiger partial charge in [0.25, 0.3) is 0 Å². The van der Waals surface area contributed by atoms with Crippen LogP contribution in [0.5, 0.6) is 0 Å². The lowest BCUT2D eigenvalue weighted by Gasteiger charge is -2.32. The zero-order chi connectivity index (χ0) is 19.9. The summed E-state index contributed by atoms with van der Waals surface area (Å²) in [7, 11) is 0. The summed E-state index contributed by atoms with van der Waals surface area (Å²) in [4.78, 5) is 19.6. The molecule has 0 spiro atoms. The Balaban J connectivity index is 1.23.